The van der Waals surface area contributed by atoms with Gasteiger partial charge >= 0.3 is 0 Å². The molecule has 6 heteroatoms. The highest BCUT2D eigenvalue weighted by atomic mass is 35.5. The molecule has 1 amide bonds. The predicted octanol–water partition coefficient (Wildman–Crippen LogP) is 3.56. The number of carbonyl (C=O) groups is 1. The van der Waals surface area contributed by atoms with Crippen molar-refractivity contribution in [3.8, 4) is 0 Å². The Balaban J connectivity index is 1.31. The maximum Gasteiger partial charge on any atom is 0.246 e. The molecule has 5 nitrogen and oxygen atoms in total. The number of rotatable bonds is 4. The van der Waals surface area contributed by atoms with E-state index in [4.69, 9.17) is 11.6 Å². The van der Waals surface area contributed by atoms with Gasteiger partial charge in [-0.15, -0.1) is 0 Å². The van der Waals surface area contributed by atoms with Crippen molar-refractivity contribution in [3.63, 3.8) is 0 Å². The number of likely N-dealkylation sites (tertiary alicyclic amines) is 1. The Morgan fingerprint density at radius 1 is 1.07 bits per heavy atom. The molecule has 0 radical (unpaired) electrons. The third-order valence-corrected chi connectivity index (χ3v) is 6.07. The van der Waals surface area contributed by atoms with E-state index in [1.807, 2.05) is 41.3 Å². The number of anilines is 1. The van der Waals surface area contributed by atoms with Gasteiger partial charge in [-0.25, -0.2) is 0 Å². The number of carbonyl (C=O) groups excluding carboxylic acids is 1. The Morgan fingerprint density at radius 3 is 2.62 bits per heavy atom. The predicted molar refractivity (Wildman–Crippen MR) is 118 cm³/mol. The highest BCUT2D eigenvalue weighted by molar-refractivity contribution is 6.30. The Hall–Kier alpha value is -2.37. The summed E-state index contributed by atoms with van der Waals surface area (Å²) in [6.07, 6.45) is 9.27. The van der Waals surface area contributed by atoms with Crippen LogP contribution in [0.3, 0.4) is 0 Å². The van der Waals surface area contributed by atoms with Crippen LogP contribution in [0.5, 0.6) is 0 Å². The minimum atomic E-state index is 0.101. The molecule has 0 bridgehead atoms. The van der Waals surface area contributed by atoms with Crippen LogP contribution in [-0.4, -0.2) is 66.0 Å². The summed E-state index contributed by atoms with van der Waals surface area (Å²) in [7, 11) is 0. The first-order chi connectivity index (χ1) is 14.2. The lowest BCUT2D eigenvalue weighted by atomic mass is 10.0. The van der Waals surface area contributed by atoms with Crippen molar-refractivity contribution in [1.29, 1.82) is 0 Å². The highest BCUT2D eigenvalue weighted by Gasteiger charge is 2.29. The number of pyridine rings is 1. The largest absolute Gasteiger partial charge is 0.369 e. The van der Waals surface area contributed by atoms with Gasteiger partial charge in [0.15, 0.2) is 0 Å². The number of nitrogens with zero attached hydrogens (tertiary/aromatic N) is 4. The van der Waals surface area contributed by atoms with Crippen LogP contribution in [0.2, 0.25) is 5.02 Å². The summed E-state index contributed by atoms with van der Waals surface area (Å²) < 4.78 is 0. The first-order valence-corrected chi connectivity index (χ1v) is 10.7. The topological polar surface area (TPSA) is 39.7 Å². The van der Waals surface area contributed by atoms with Crippen LogP contribution in [-0.2, 0) is 4.79 Å². The number of aromatic nitrogens is 1. The van der Waals surface area contributed by atoms with Gasteiger partial charge in [0.1, 0.15) is 0 Å². The van der Waals surface area contributed by atoms with Crippen LogP contribution in [0.25, 0.3) is 6.08 Å². The number of piperazine rings is 1. The first kappa shape index (κ1) is 19.9. The summed E-state index contributed by atoms with van der Waals surface area (Å²) in [4.78, 5) is 23.6. The van der Waals surface area contributed by atoms with E-state index in [-0.39, 0.29) is 5.91 Å². The Labute approximate surface area is 177 Å². The van der Waals surface area contributed by atoms with Crippen LogP contribution < -0.4 is 4.90 Å². The molecule has 0 saturated carbocycles. The maximum absolute atomic E-state index is 12.7. The number of halogens is 1. The summed E-state index contributed by atoms with van der Waals surface area (Å²) in [5.41, 5.74) is 2.19. The SMILES string of the molecule is O=C(C=Cc1ccncc1)N1CCCC(N2CCN(c3cccc(Cl)c3)CC2)C1. The third-order valence-electron chi connectivity index (χ3n) is 5.84. The van der Waals surface area contributed by atoms with Crippen molar-refractivity contribution in [2.75, 3.05) is 44.2 Å². The van der Waals surface area contributed by atoms with Gasteiger partial charge in [-0.3, -0.25) is 14.7 Å². The van der Waals surface area contributed by atoms with E-state index in [2.05, 4.69) is 20.9 Å². The Bertz CT molecular complexity index is 849. The molecule has 0 aliphatic carbocycles. The molecule has 2 aliphatic heterocycles. The number of piperidine rings is 1. The molecule has 0 N–H and O–H groups in total. The van der Waals surface area contributed by atoms with Gasteiger partial charge in [0.05, 0.1) is 0 Å². The molecule has 1 unspecified atom stereocenters. The molecular formula is C23H27ClN4O. The fraction of sp³-hybridized carbons (Fsp3) is 0.391. The van der Waals surface area contributed by atoms with Gasteiger partial charge in [-0.1, -0.05) is 17.7 Å². The molecule has 4 rings (SSSR count). The van der Waals surface area contributed by atoms with Gasteiger partial charge in [0.2, 0.25) is 5.91 Å². The minimum Gasteiger partial charge on any atom is -0.369 e. The lowest BCUT2D eigenvalue weighted by Gasteiger charge is -2.43. The van der Waals surface area contributed by atoms with Gasteiger partial charge in [0.25, 0.3) is 0 Å². The van der Waals surface area contributed by atoms with Gasteiger partial charge in [-0.05, 0) is 54.8 Å². The first-order valence-electron chi connectivity index (χ1n) is 10.3. The van der Waals surface area contributed by atoms with E-state index in [0.717, 1.165) is 62.7 Å². The molecule has 152 valence electrons. The molecule has 2 aromatic rings. The van der Waals surface area contributed by atoms with Crippen LogP contribution in [0.15, 0.2) is 54.9 Å². The second kappa shape index (κ2) is 9.42. The maximum atomic E-state index is 12.7. The minimum absolute atomic E-state index is 0.101. The molecule has 1 aromatic carbocycles. The highest BCUT2D eigenvalue weighted by Crippen LogP contribution is 2.23. The molecule has 29 heavy (non-hydrogen) atoms. The molecule has 0 spiro atoms. The molecule has 2 aliphatic rings. The second-order valence-corrected chi connectivity index (χ2v) is 8.13. The quantitative estimate of drug-likeness (QED) is 0.722. The van der Waals surface area contributed by atoms with Crippen LogP contribution >= 0.6 is 11.6 Å². The Kier molecular flexibility index (Phi) is 6.47. The Morgan fingerprint density at radius 2 is 1.86 bits per heavy atom. The van der Waals surface area contributed by atoms with E-state index in [1.165, 1.54) is 5.69 Å². The summed E-state index contributed by atoms with van der Waals surface area (Å²) in [5, 5.41) is 0.784. The number of hydrogen-bond acceptors (Lipinski definition) is 4. The number of amides is 1. The summed E-state index contributed by atoms with van der Waals surface area (Å²) in [5.74, 6) is 0.101. The number of hydrogen-bond donors (Lipinski definition) is 0. The van der Waals surface area contributed by atoms with Crippen molar-refractivity contribution in [1.82, 2.24) is 14.8 Å². The van der Waals surface area contributed by atoms with Crippen LogP contribution in [0.1, 0.15) is 18.4 Å². The normalized spacial score (nSPS) is 20.9. The lowest BCUT2D eigenvalue weighted by Crippen LogP contribution is -2.55. The van der Waals surface area contributed by atoms with Crippen LogP contribution in [0, 0.1) is 0 Å². The van der Waals surface area contributed by atoms with Gasteiger partial charge < -0.3 is 9.80 Å². The van der Waals surface area contributed by atoms with E-state index < -0.39 is 0 Å². The van der Waals surface area contributed by atoms with E-state index in [9.17, 15) is 4.79 Å². The smallest absolute Gasteiger partial charge is 0.246 e. The van der Waals surface area contributed by atoms with E-state index in [1.54, 1.807) is 18.5 Å². The molecule has 2 fully saturated rings. The third kappa shape index (κ3) is 5.17. The fourth-order valence-corrected chi connectivity index (χ4v) is 4.40. The van der Waals surface area contributed by atoms with Crippen molar-refractivity contribution < 1.29 is 4.79 Å². The molecular weight excluding hydrogens is 384 g/mol. The standard InChI is InChI=1S/C23H27ClN4O/c24-20-3-1-4-21(17-20)26-13-15-27(16-14-26)22-5-2-12-28(18-22)23(29)7-6-19-8-10-25-11-9-19/h1,3-4,6-11,17,22H,2,5,12-16,18H2. The van der Waals surface area contributed by atoms with E-state index >= 15 is 0 Å². The van der Waals surface area contributed by atoms with Crippen molar-refractivity contribution in [2.45, 2.75) is 18.9 Å². The molecule has 3 heterocycles. The average molecular weight is 411 g/mol. The lowest BCUT2D eigenvalue weighted by molar-refractivity contribution is -0.128. The summed E-state index contributed by atoms with van der Waals surface area (Å²) in [6, 6.07) is 12.3. The zero-order chi connectivity index (χ0) is 20.1. The van der Waals surface area contributed by atoms with E-state index in [0.29, 0.717) is 6.04 Å². The zero-order valence-corrected chi connectivity index (χ0v) is 17.3. The molecule has 1 aromatic heterocycles. The van der Waals surface area contributed by atoms with Crippen molar-refractivity contribution >= 4 is 29.3 Å². The van der Waals surface area contributed by atoms with Gasteiger partial charge in [0, 0.05) is 74.5 Å². The van der Waals surface area contributed by atoms with Crippen molar-refractivity contribution in [2.24, 2.45) is 0 Å². The number of benzene rings is 1. The van der Waals surface area contributed by atoms with Gasteiger partial charge in [-0.2, -0.15) is 0 Å². The molecule has 2 saturated heterocycles. The fourth-order valence-electron chi connectivity index (χ4n) is 4.22. The summed E-state index contributed by atoms with van der Waals surface area (Å²) >= 11 is 6.14. The molecule has 1 atom stereocenters. The summed E-state index contributed by atoms with van der Waals surface area (Å²) in [6.45, 7) is 5.69. The zero-order valence-electron chi connectivity index (χ0n) is 16.6. The second-order valence-electron chi connectivity index (χ2n) is 7.70. The van der Waals surface area contributed by atoms with Crippen molar-refractivity contribution in [3.05, 3.63) is 65.5 Å². The monoisotopic (exact) mass is 410 g/mol. The van der Waals surface area contributed by atoms with Crippen LogP contribution in [0.4, 0.5) is 5.69 Å². The average Bonchev–Trinajstić information content (AvgIpc) is 2.78.